The average Bonchev–Trinajstić information content (AvgIpc) is 2.37. The molecule has 17 heavy (non-hydrogen) atoms. The van der Waals surface area contributed by atoms with Crippen LogP contribution in [0.5, 0.6) is 0 Å². The highest BCUT2D eigenvalue weighted by Crippen LogP contribution is 2.38. The second-order valence-electron chi connectivity index (χ2n) is 4.68. The molecule has 2 aromatic rings. The van der Waals surface area contributed by atoms with E-state index in [1.807, 2.05) is 0 Å². The van der Waals surface area contributed by atoms with Crippen LogP contribution in [0.2, 0.25) is 0 Å². The number of rotatable bonds is 2. The Morgan fingerprint density at radius 2 is 1.82 bits per heavy atom. The lowest BCUT2D eigenvalue weighted by Gasteiger charge is -2.38. The highest BCUT2D eigenvalue weighted by atomic mass is 14.8. The second kappa shape index (κ2) is 3.93. The zero-order chi connectivity index (χ0) is 11.7. The van der Waals surface area contributed by atoms with Crippen LogP contribution in [0.4, 0.5) is 0 Å². The summed E-state index contributed by atoms with van der Waals surface area (Å²) in [6, 6.07) is 8.38. The van der Waals surface area contributed by atoms with E-state index in [0.717, 1.165) is 24.1 Å². The lowest BCUT2D eigenvalue weighted by atomic mass is 9.72. The van der Waals surface area contributed by atoms with Gasteiger partial charge in [-0.15, -0.1) is 0 Å². The van der Waals surface area contributed by atoms with E-state index < -0.39 is 0 Å². The Balaban J connectivity index is 1.90. The van der Waals surface area contributed by atoms with E-state index in [0.29, 0.717) is 0 Å². The Kier molecular flexibility index (Phi) is 2.41. The summed E-state index contributed by atoms with van der Waals surface area (Å²) in [5.74, 6) is 0. The molecule has 3 heteroatoms. The number of hydrogen-bond donors (Lipinski definition) is 1. The van der Waals surface area contributed by atoms with E-state index in [2.05, 4.69) is 34.2 Å². The van der Waals surface area contributed by atoms with Gasteiger partial charge >= 0.3 is 0 Å². The molecule has 0 aliphatic heterocycles. The molecule has 3 rings (SSSR count). The standard InChI is InChI=1S/C14H15N3/c15-14(6-1-7-14)12-4-2-11(3-5-12)13-10-16-8-9-17-13/h2-5,8-10H,1,6-7,15H2. The summed E-state index contributed by atoms with van der Waals surface area (Å²) in [6.45, 7) is 0. The van der Waals surface area contributed by atoms with Crippen LogP contribution in [0.25, 0.3) is 11.3 Å². The van der Waals surface area contributed by atoms with Crippen molar-refractivity contribution in [2.75, 3.05) is 0 Å². The van der Waals surface area contributed by atoms with Gasteiger partial charge in [0.2, 0.25) is 0 Å². The van der Waals surface area contributed by atoms with Gasteiger partial charge in [-0.1, -0.05) is 24.3 Å². The number of benzene rings is 1. The summed E-state index contributed by atoms with van der Waals surface area (Å²) >= 11 is 0. The first-order valence-electron chi connectivity index (χ1n) is 5.94. The van der Waals surface area contributed by atoms with Crippen molar-refractivity contribution in [2.45, 2.75) is 24.8 Å². The molecule has 1 heterocycles. The van der Waals surface area contributed by atoms with Crippen LogP contribution in [-0.4, -0.2) is 9.97 Å². The fourth-order valence-electron chi connectivity index (χ4n) is 2.27. The second-order valence-corrected chi connectivity index (χ2v) is 4.68. The zero-order valence-electron chi connectivity index (χ0n) is 9.63. The van der Waals surface area contributed by atoms with Gasteiger partial charge in [0.1, 0.15) is 0 Å². The number of nitrogens with zero attached hydrogens (tertiary/aromatic N) is 2. The van der Waals surface area contributed by atoms with Crippen molar-refractivity contribution in [1.29, 1.82) is 0 Å². The van der Waals surface area contributed by atoms with E-state index in [1.54, 1.807) is 18.6 Å². The number of aromatic nitrogens is 2. The molecule has 1 aromatic carbocycles. The van der Waals surface area contributed by atoms with E-state index in [9.17, 15) is 0 Å². The van der Waals surface area contributed by atoms with Gasteiger partial charge in [0.15, 0.2) is 0 Å². The van der Waals surface area contributed by atoms with Gasteiger partial charge in [-0.3, -0.25) is 9.97 Å². The molecular weight excluding hydrogens is 210 g/mol. The molecule has 0 atom stereocenters. The topological polar surface area (TPSA) is 51.8 Å². The summed E-state index contributed by atoms with van der Waals surface area (Å²) in [6.07, 6.45) is 8.59. The molecule has 1 saturated carbocycles. The van der Waals surface area contributed by atoms with Gasteiger partial charge < -0.3 is 5.73 Å². The third kappa shape index (κ3) is 1.83. The van der Waals surface area contributed by atoms with Crippen molar-refractivity contribution in [1.82, 2.24) is 9.97 Å². The highest BCUT2D eigenvalue weighted by molar-refractivity contribution is 5.58. The molecule has 0 unspecified atom stereocenters. The van der Waals surface area contributed by atoms with Crippen molar-refractivity contribution >= 4 is 0 Å². The fourth-order valence-corrected chi connectivity index (χ4v) is 2.27. The number of hydrogen-bond acceptors (Lipinski definition) is 3. The SMILES string of the molecule is NC1(c2ccc(-c3cnccn3)cc2)CCC1. The van der Waals surface area contributed by atoms with Crippen molar-refractivity contribution in [2.24, 2.45) is 5.73 Å². The fraction of sp³-hybridized carbons (Fsp3) is 0.286. The molecule has 1 aliphatic carbocycles. The molecular formula is C14H15N3. The van der Waals surface area contributed by atoms with Crippen LogP contribution in [0.3, 0.4) is 0 Å². The molecule has 3 nitrogen and oxygen atoms in total. The van der Waals surface area contributed by atoms with Crippen LogP contribution in [0.15, 0.2) is 42.9 Å². The minimum absolute atomic E-state index is 0.0824. The van der Waals surface area contributed by atoms with Crippen LogP contribution < -0.4 is 5.73 Å². The Hall–Kier alpha value is -1.74. The highest BCUT2D eigenvalue weighted by Gasteiger charge is 2.33. The first-order valence-corrected chi connectivity index (χ1v) is 5.94. The minimum Gasteiger partial charge on any atom is -0.321 e. The largest absolute Gasteiger partial charge is 0.321 e. The Morgan fingerprint density at radius 3 is 2.35 bits per heavy atom. The summed E-state index contributed by atoms with van der Waals surface area (Å²) in [4.78, 5) is 8.35. The molecule has 2 N–H and O–H groups in total. The first-order chi connectivity index (χ1) is 8.28. The lowest BCUT2D eigenvalue weighted by molar-refractivity contribution is 0.253. The molecule has 0 saturated heterocycles. The van der Waals surface area contributed by atoms with E-state index in [-0.39, 0.29) is 5.54 Å². The third-order valence-corrected chi connectivity index (χ3v) is 3.56. The van der Waals surface area contributed by atoms with Crippen molar-refractivity contribution < 1.29 is 0 Å². The van der Waals surface area contributed by atoms with Gasteiger partial charge in [0, 0.05) is 23.5 Å². The quantitative estimate of drug-likeness (QED) is 0.854. The van der Waals surface area contributed by atoms with Gasteiger partial charge in [-0.2, -0.15) is 0 Å². The summed E-state index contributed by atoms with van der Waals surface area (Å²) in [5.41, 5.74) is 9.42. The molecule has 0 spiro atoms. The van der Waals surface area contributed by atoms with Gasteiger partial charge in [-0.05, 0) is 24.8 Å². The lowest BCUT2D eigenvalue weighted by Crippen LogP contribution is -2.43. The Labute approximate surface area is 101 Å². The van der Waals surface area contributed by atoms with Crippen molar-refractivity contribution in [3.8, 4) is 11.3 Å². The van der Waals surface area contributed by atoms with Crippen LogP contribution in [0, 0.1) is 0 Å². The summed E-state index contributed by atoms with van der Waals surface area (Å²) in [5, 5.41) is 0. The summed E-state index contributed by atoms with van der Waals surface area (Å²) in [7, 11) is 0. The molecule has 86 valence electrons. The first kappa shape index (κ1) is 10.4. The molecule has 0 amide bonds. The van der Waals surface area contributed by atoms with Gasteiger partial charge in [0.25, 0.3) is 0 Å². The molecule has 1 aliphatic rings. The van der Waals surface area contributed by atoms with Gasteiger partial charge in [0.05, 0.1) is 11.9 Å². The maximum atomic E-state index is 6.28. The monoisotopic (exact) mass is 225 g/mol. The summed E-state index contributed by atoms with van der Waals surface area (Å²) < 4.78 is 0. The van der Waals surface area contributed by atoms with Crippen LogP contribution >= 0.6 is 0 Å². The predicted molar refractivity (Wildman–Crippen MR) is 67.2 cm³/mol. The predicted octanol–water partition coefficient (Wildman–Crippen LogP) is 2.48. The zero-order valence-corrected chi connectivity index (χ0v) is 9.63. The van der Waals surface area contributed by atoms with Gasteiger partial charge in [-0.25, -0.2) is 0 Å². The van der Waals surface area contributed by atoms with Crippen LogP contribution in [-0.2, 0) is 5.54 Å². The van der Waals surface area contributed by atoms with Crippen molar-refractivity contribution in [3.63, 3.8) is 0 Å². The van der Waals surface area contributed by atoms with E-state index in [1.165, 1.54) is 12.0 Å². The minimum atomic E-state index is -0.0824. The third-order valence-electron chi connectivity index (χ3n) is 3.56. The Morgan fingerprint density at radius 1 is 1.06 bits per heavy atom. The molecule has 1 fully saturated rings. The maximum Gasteiger partial charge on any atom is 0.0885 e. The molecule has 0 bridgehead atoms. The number of nitrogens with two attached hydrogens (primary N) is 1. The molecule has 1 aromatic heterocycles. The van der Waals surface area contributed by atoms with E-state index >= 15 is 0 Å². The molecule has 0 radical (unpaired) electrons. The van der Waals surface area contributed by atoms with Crippen LogP contribution in [0.1, 0.15) is 24.8 Å². The average molecular weight is 225 g/mol. The maximum absolute atomic E-state index is 6.28. The van der Waals surface area contributed by atoms with Crippen molar-refractivity contribution in [3.05, 3.63) is 48.4 Å². The smallest absolute Gasteiger partial charge is 0.0885 e. The normalized spacial score (nSPS) is 17.5. The Bertz CT molecular complexity index is 501. The van der Waals surface area contributed by atoms with E-state index in [4.69, 9.17) is 5.73 Å².